The summed E-state index contributed by atoms with van der Waals surface area (Å²) >= 11 is 0. The summed E-state index contributed by atoms with van der Waals surface area (Å²) in [6, 6.07) is -0.950. The summed E-state index contributed by atoms with van der Waals surface area (Å²) in [7, 11) is 1.17. The molecule has 0 aliphatic carbocycles. The Hall–Kier alpha value is -2.36. The first-order chi connectivity index (χ1) is 26.0. The Morgan fingerprint density at radius 3 is 1.96 bits per heavy atom. The Labute approximate surface area is 329 Å². The van der Waals surface area contributed by atoms with Gasteiger partial charge in [-0.1, -0.05) is 131 Å². The second-order valence-electron chi connectivity index (χ2n) is 15.0. The normalized spacial score (nSPS) is 19.1. The highest BCUT2D eigenvalue weighted by molar-refractivity contribution is 7.45. The fraction of sp³-hybridized carbons (Fsp3) is 0.659. The van der Waals surface area contributed by atoms with Gasteiger partial charge in [-0.25, -0.2) is 0 Å². The molecule has 0 aromatic heterocycles. The van der Waals surface area contributed by atoms with E-state index in [9.17, 15) is 19.4 Å². The lowest BCUT2D eigenvalue weighted by Gasteiger charge is -2.29. The van der Waals surface area contributed by atoms with Crippen molar-refractivity contribution in [3.05, 3.63) is 85.1 Å². The van der Waals surface area contributed by atoms with Gasteiger partial charge in [-0.2, -0.15) is 0 Å². The number of aliphatic hydroxyl groups is 1. The Balaban J connectivity index is 2.42. The van der Waals surface area contributed by atoms with E-state index in [4.69, 9.17) is 13.8 Å². The average Bonchev–Trinajstić information content (AvgIpc) is 3.87. The first kappa shape index (κ1) is 49.7. The van der Waals surface area contributed by atoms with E-state index in [0.29, 0.717) is 29.7 Å². The van der Waals surface area contributed by atoms with E-state index in [2.05, 4.69) is 79.9 Å². The second-order valence-corrected chi connectivity index (χ2v) is 16.4. The molecule has 1 saturated heterocycles. The van der Waals surface area contributed by atoms with Crippen molar-refractivity contribution in [2.75, 3.05) is 40.9 Å². The minimum Gasteiger partial charge on any atom is -0.756 e. The molecule has 1 heterocycles. The van der Waals surface area contributed by atoms with Crippen molar-refractivity contribution in [3.8, 4) is 0 Å². The van der Waals surface area contributed by atoms with Crippen LogP contribution < -0.4 is 10.2 Å². The molecule has 308 valence electrons. The molecule has 0 radical (unpaired) electrons. The maximum absolute atomic E-state index is 12.8. The largest absolute Gasteiger partial charge is 0.756 e. The average molecular weight is 775 g/mol. The number of hydrogen-bond acceptors (Lipinski definition) is 7. The summed E-state index contributed by atoms with van der Waals surface area (Å²) < 4.78 is 28.7. The van der Waals surface area contributed by atoms with Crippen LogP contribution in [-0.2, 0) is 23.1 Å². The number of nitrogens with zero attached hydrogens (tertiary/aromatic N) is 1. The SMILES string of the molecule is CC/C=C\CC1OC1C/C=C\C/C=C\C/C=C\C/C=C\CCC(=O)N[C@@H](COP(=O)([O-])OCC[N+](C)(C)C)[C@H](O)/C=C/CC/C=C\CCCCCCCC. The number of phosphoric ester groups is 1. The molecular formula is C44H75N2O7P. The Bertz CT molecular complexity index is 1220. The van der Waals surface area contributed by atoms with E-state index in [1.54, 1.807) is 6.08 Å². The van der Waals surface area contributed by atoms with Gasteiger partial charge >= 0.3 is 0 Å². The molecule has 0 bridgehead atoms. The van der Waals surface area contributed by atoms with E-state index >= 15 is 0 Å². The third-order valence-electron chi connectivity index (χ3n) is 8.75. The van der Waals surface area contributed by atoms with E-state index in [-0.39, 0.29) is 18.9 Å². The Morgan fingerprint density at radius 1 is 0.759 bits per heavy atom. The van der Waals surface area contributed by atoms with Gasteiger partial charge in [-0.15, -0.1) is 0 Å². The van der Waals surface area contributed by atoms with Gasteiger partial charge in [0, 0.05) is 6.42 Å². The molecule has 1 aliphatic heterocycles. The number of rotatable bonds is 34. The van der Waals surface area contributed by atoms with Gasteiger partial charge in [0.25, 0.3) is 7.82 Å². The fourth-order valence-corrected chi connectivity index (χ4v) is 6.07. The summed E-state index contributed by atoms with van der Waals surface area (Å²) in [4.78, 5) is 25.2. The van der Waals surface area contributed by atoms with Gasteiger partial charge in [0.15, 0.2) is 0 Å². The molecular weight excluding hydrogens is 699 g/mol. The van der Waals surface area contributed by atoms with E-state index in [1.807, 2.05) is 39.4 Å². The van der Waals surface area contributed by atoms with Crippen molar-refractivity contribution in [1.82, 2.24) is 5.32 Å². The third kappa shape index (κ3) is 30.9. The number of epoxide rings is 1. The van der Waals surface area contributed by atoms with Crippen LogP contribution >= 0.6 is 7.82 Å². The quantitative estimate of drug-likeness (QED) is 0.0220. The van der Waals surface area contributed by atoms with Crippen LogP contribution in [0.2, 0.25) is 0 Å². The van der Waals surface area contributed by atoms with Crippen LogP contribution in [0, 0.1) is 0 Å². The molecule has 0 saturated carbocycles. The standard InChI is InChI=1S/C44H75N2O7P/c1-6-8-10-11-12-13-14-17-20-23-26-30-33-41(47)40(39-52-54(49,50)51-38-37-46(3,4)5)45-44(48)36-32-28-25-22-19-16-15-18-21-24-27-31-35-43-42(53-43)34-29-9-7-2/h9,16-21,25,27-31,33,40-43,47H,6-8,10-15,22-24,26,32,34-39H2,1-5H3,(H-,45,48,49,50)/b19-16-,20-17-,21-18-,28-25-,29-9-,31-27-,33-30+/t40-,41+,42?,43?/m0/s1. The van der Waals surface area contributed by atoms with Crippen molar-refractivity contribution < 1.29 is 37.6 Å². The zero-order valence-corrected chi connectivity index (χ0v) is 35.2. The molecule has 1 rings (SSSR count). The molecule has 9 nitrogen and oxygen atoms in total. The van der Waals surface area contributed by atoms with Gasteiger partial charge in [0.2, 0.25) is 5.91 Å². The summed E-state index contributed by atoms with van der Waals surface area (Å²) in [6.07, 6.45) is 45.4. The molecule has 0 spiro atoms. The minimum absolute atomic E-state index is 0.0268. The monoisotopic (exact) mass is 775 g/mol. The highest BCUT2D eigenvalue weighted by Gasteiger charge is 2.35. The summed E-state index contributed by atoms with van der Waals surface area (Å²) in [5, 5.41) is 13.6. The van der Waals surface area contributed by atoms with Crippen LogP contribution in [-0.4, -0.2) is 80.8 Å². The lowest BCUT2D eigenvalue weighted by molar-refractivity contribution is -0.870. The number of amides is 1. The number of carbonyl (C=O) groups excluding carboxylic acids is 1. The first-order valence-electron chi connectivity index (χ1n) is 20.6. The summed E-state index contributed by atoms with van der Waals surface area (Å²) in [5.74, 6) is -0.298. The predicted octanol–water partition coefficient (Wildman–Crippen LogP) is 9.37. The molecule has 1 aliphatic rings. The van der Waals surface area contributed by atoms with Gasteiger partial charge in [0.1, 0.15) is 13.2 Å². The van der Waals surface area contributed by atoms with E-state index < -0.39 is 26.6 Å². The lowest BCUT2D eigenvalue weighted by atomic mass is 10.1. The number of quaternary nitrogens is 1. The second kappa shape index (κ2) is 31.8. The van der Waals surface area contributed by atoms with Gasteiger partial charge in [-0.05, 0) is 70.6 Å². The fourth-order valence-electron chi connectivity index (χ4n) is 5.35. The molecule has 0 aromatic carbocycles. The number of phosphoric acid groups is 1. The molecule has 54 heavy (non-hydrogen) atoms. The molecule has 10 heteroatoms. The minimum atomic E-state index is -4.62. The first-order valence-corrected chi connectivity index (χ1v) is 22.0. The van der Waals surface area contributed by atoms with Crippen LogP contribution in [0.4, 0.5) is 0 Å². The topological polar surface area (TPSA) is 120 Å². The predicted molar refractivity (Wildman–Crippen MR) is 223 cm³/mol. The molecule has 5 atom stereocenters. The zero-order valence-electron chi connectivity index (χ0n) is 34.3. The van der Waals surface area contributed by atoms with Crippen LogP contribution in [0.5, 0.6) is 0 Å². The van der Waals surface area contributed by atoms with Crippen molar-refractivity contribution in [1.29, 1.82) is 0 Å². The number of unbranched alkanes of at least 4 members (excludes halogenated alkanes) is 7. The van der Waals surface area contributed by atoms with Crippen molar-refractivity contribution in [3.63, 3.8) is 0 Å². The van der Waals surface area contributed by atoms with Crippen LogP contribution in [0.1, 0.15) is 123 Å². The highest BCUT2D eigenvalue weighted by atomic mass is 31.2. The number of likely N-dealkylation sites (N-methyl/N-ethyl adjacent to an activating group) is 1. The van der Waals surface area contributed by atoms with Crippen LogP contribution in [0.25, 0.3) is 0 Å². The van der Waals surface area contributed by atoms with Gasteiger partial charge < -0.3 is 33.6 Å². The maximum atomic E-state index is 12.8. The number of aliphatic hydroxyl groups excluding tert-OH is 1. The van der Waals surface area contributed by atoms with Crippen LogP contribution in [0.15, 0.2) is 85.1 Å². The Kier molecular flexibility index (Phi) is 29.2. The lowest BCUT2D eigenvalue weighted by Crippen LogP contribution is -2.45. The zero-order chi connectivity index (χ0) is 39.8. The van der Waals surface area contributed by atoms with Crippen molar-refractivity contribution in [2.24, 2.45) is 0 Å². The van der Waals surface area contributed by atoms with Gasteiger partial charge in [-0.3, -0.25) is 9.36 Å². The molecule has 1 fully saturated rings. The third-order valence-corrected chi connectivity index (χ3v) is 9.72. The number of carbonyl (C=O) groups is 1. The number of nitrogens with one attached hydrogen (secondary N) is 1. The molecule has 2 N–H and O–H groups in total. The summed E-state index contributed by atoms with van der Waals surface area (Å²) in [5.41, 5.74) is 0. The summed E-state index contributed by atoms with van der Waals surface area (Å²) in [6.45, 7) is 4.39. The number of hydrogen-bond donors (Lipinski definition) is 2. The highest BCUT2D eigenvalue weighted by Crippen LogP contribution is 2.38. The Morgan fingerprint density at radius 2 is 1.31 bits per heavy atom. The smallest absolute Gasteiger partial charge is 0.268 e. The number of ether oxygens (including phenoxy) is 1. The van der Waals surface area contributed by atoms with Gasteiger partial charge in [0.05, 0.1) is 52.1 Å². The number of allylic oxidation sites excluding steroid dienone is 11. The molecule has 0 aromatic rings. The molecule has 3 unspecified atom stereocenters. The van der Waals surface area contributed by atoms with E-state index in [1.165, 1.54) is 38.5 Å². The van der Waals surface area contributed by atoms with Crippen LogP contribution in [0.3, 0.4) is 0 Å². The van der Waals surface area contributed by atoms with E-state index in [0.717, 1.165) is 57.8 Å². The van der Waals surface area contributed by atoms with Crippen molar-refractivity contribution in [2.45, 2.75) is 147 Å². The molecule has 1 amide bonds. The maximum Gasteiger partial charge on any atom is 0.268 e. The van der Waals surface area contributed by atoms with Crippen molar-refractivity contribution >= 4 is 13.7 Å².